The third kappa shape index (κ3) is 2.90. The molecule has 1 aromatic carbocycles. The molecular weight excluding hydrogens is 314 g/mol. The number of nitrogens with zero attached hydrogens (tertiary/aromatic N) is 1. The summed E-state index contributed by atoms with van der Waals surface area (Å²) in [5, 5.41) is 0.668. The van der Waals surface area contributed by atoms with Crippen LogP contribution in [0.2, 0.25) is 5.02 Å². The highest BCUT2D eigenvalue weighted by atomic mass is 79.9. The van der Waals surface area contributed by atoms with Gasteiger partial charge < -0.3 is 0 Å². The molecule has 0 bridgehead atoms. The van der Waals surface area contributed by atoms with Crippen molar-refractivity contribution < 1.29 is 0 Å². The van der Waals surface area contributed by atoms with Crippen LogP contribution in [0.15, 0.2) is 41.0 Å². The predicted molar refractivity (Wildman–Crippen MR) is 77.3 cm³/mol. The van der Waals surface area contributed by atoms with Crippen LogP contribution in [0.1, 0.15) is 22.9 Å². The largest absolute Gasteiger partial charge is 0.271 e. The zero-order valence-corrected chi connectivity index (χ0v) is 12.2. The lowest BCUT2D eigenvalue weighted by molar-refractivity contribution is 0.634. The van der Waals surface area contributed by atoms with Gasteiger partial charge in [0.1, 0.15) is 0 Å². The summed E-state index contributed by atoms with van der Waals surface area (Å²) in [7, 11) is 0. The summed E-state index contributed by atoms with van der Waals surface area (Å²) in [6.45, 7) is 1.95. The highest BCUT2D eigenvalue weighted by molar-refractivity contribution is 9.10. The number of hydrazine groups is 1. The molecule has 0 fully saturated rings. The first-order valence-electron chi connectivity index (χ1n) is 5.45. The molecule has 1 aromatic heterocycles. The number of halogens is 2. The van der Waals surface area contributed by atoms with Crippen molar-refractivity contribution >= 4 is 27.5 Å². The van der Waals surface area contributed by atoms with E-state index in [4.69, 9.17) is 17.4 Å². The maximum atomic E-state index is 6.21. The van der Waals surface area contributed by atoms with Crippen molar-refractivity contribution in [1.29, 1.82) is 0 Å². The Hall–Kier alpha value is -0.940. The van der Waals surface area contributed by atoms with Crippen molar-refractivity contribution in [3.05, 3.63) is 62.8 Å². The van der Waals surface area contributed by atoms with E-state index >= 15 is 0 Å². The first kappa shape index (κ1) is 13.5. The van der Waals surface area contributed by atoms with Gasteiger partial charge in [-0.2, -0.15) is 0 Å². The van der Waals surface area contributed by atoms with Crippen LogP contribution in [0.5, 0.6) is 0 Å². The third-order valence-corrected chi connectivity index (χ3v) is 3.54. The highest BCUT2D eigenvalue weighted by Crippen LogP contribution is 2.30. The SMILES string of the molecule is Cc1ccc(C(NN)c2cc(Br)ccc2Cl)cn1. The lowest BCUT2D eigenvalue weighted by Crippen LogP contribution is -2.29. The fourth-order valence-corrected chi connectivity index (χ4v) is 2.36. The standard InChI is InChI=1S/C13H13BrClN3/c1-8-2-3-9(7-17-8)13(18-16)11-6-10(14)4-5-12(11)15/h2-7,13,18H,16H2,1H3. The molecule has 0 aliphatic heterocycles. The average Bonchev–Trinajstić information content (AvgIpc) is 2.37. The second-order valence-corrected chi connectivity index (χ2v) is 5.32. The number of benzene rings is 1. The molecule has 0 amide bonds. The van der Waals surface area contributed by atoms with E-state index in [-0.39, 0.29) is 6.04 Å². The molecule has 0 radical (unpaired) electrons. The average molecular weight is 327 g/mol. The van der Waals surface area contributed by atoms with Crippen LogP contribution in [-0.4, -0.2) is 4.98 Å². The highest BCUT2D eigenvalue weighted by Gasteiger charge is 2.16. The summed E-state index contributed by atoms with van der Waals surface area (Å²) in [4.78, 5) is 4.28. The van der Waals surface area contributed by atoms with Gasteiger partial charge in [-0.25, -0.2) is 5.43 Å². The molecule has 1 atom stereocenters. The predicted octanol–water partition coefficient (Wildman–Crippen LogP) is 3.36. The number of nitrogens with two attached hydrogens (primary N) is 1. The normalized spacial score (nSPS) is 12.4. The Balaban J connectivity index is 2.44. The van der Waals surface area contributed by atoms with Gasteiger partial charge in [-0.1, -0.05) is 33.6 Å². The summed E-state index contributed by atoms with van der Waals surface area (Å²) in [5.41, 5.74) is 5.64. The van der Waals surface area contributed by atoms with Gasteiger partial charge in [0.2, 0.25) is 0 Å². The molecule has 0 aliphatic carbocycles. The summed E-state index contributed by atoms with van der Waals surface area (Å²) in [6, 6.07) is 9.45. The zero-order chi connectivity index (χ0) is 13.1. The Morgan fingerprint density at radius 3 is 2.72 bits per heavy atom. The van der Waals surface area contributed by atoms with E-state index in [0.717, 1.165) is 21.3 Å². The van der Waals surface area contributed by atoms with E-state index in [9.17, 15) is 0 Å². The van der Waals surface area contributed by atoms with E-state index in [1.807, 2.05) is 37.3 Å². The van der Waals surface area contributed by atoms with Gasteiger partial charge in [-0.05, 0) is 42.3 Å². The smallest absolute Gasteiger partial charge is 0.0739 e. The lowest BCUT2D eigenvalue weighted by Gasteiger charge is -2.18. The van der Waals surface area contributed by atoms with E-state index in [1.165, 1.54) is 0 Å². The van der Waals surface area contributed by atoms with Crippen molar-refractivity contribution in [2.75, 3.05) is 0 Å². The van der Waals surface area contributed by atoms with E-state index in [1.54, 1.807) is 6.20 Å². The molecule has 3 nitrogen and oxygen atoms in total. The molecule has 1 unspecified atom stereocenters. The van der Waals surface area contributed by atoms with Crippen molar-refractivity contribution in [3.63, 3.8) is 0 Å². The maximum Gasteiger partial charge on any atom is 0.0739 e. The van der Waals surface area contributed by atoms with Crippen LogP contribution in [0.4, 0.5) is 0 Å². The molecule has 3 N–H and O–H groups in total. The summed E-state index contributed by atoms with van der Waals surface area (Å²) >= 11 is 9.65. The van der Waals surface area contributed by atoms with E-state index in [2.05, 4.69) is 26.3 Å². The number of aromatic nitrogens is 1. The van der Waals surface area contributed by atoms with Gasteiger partial charge in [-0.3, -0.25) is 10.8 Å². The summed E-state index contributed by atoms with van der Waals surface area (Å²) in [6.07, 6.45) is 1.80. The molecule has 0 saturated heterocycles. The Morgan fingerprint density at radius 2 is 2.11 bits per heavy atom. The lowest BCUT2D eigenvalue weighted by atomic mass is 10.0. The molecule has 0 saturated carbocycles. The number of hydrogen-bond acceptors (Lipinski definition) is 3. The Morgan fingerprint density at radius 1 is 1.33 bits per heavy atom. The van der Waals surface area contributed by atoms with Gasteiger partial charge in [0.05, 0.1) is 6.04 Å². The molecule has 0 aliphatic rings. The van der Waals surface area contributed by atoms with E-state index < -0.39 is 0 Å². The van der Waals surface area contributed by atoms with Crippen LogP contribution in [-0.2, 0) is 0 Å². The molecular formula is C13H13BrClN3. The second kappa shape index (κ2) is 5.80. The first-order valence-corrected chi connectivity index (χ1v) is 6.62. The molecule has 5 heteroatoms. The molecule has 1 heterocycles. The van der Waals surface area contributed by atoms with E-state index in [0.29, 0.717) is 5.02 Å². The van der Waals surface area contributed by atoms with Crippen molar-refractivity contribution in [2.45, 2.75) is 13.0 Å². The molecule has 0 spiro atoms. The van der Waals surface area contributed by atoms with Crippen molar-refractivity contribution in [1.82, 2.24) is 10.4 Å². The third-order valence-electron chi connectivity index (χ3n) is 2.70. The van der Waals surface area contributed by atoms with Crippen LogP contribution < -0.4 is 11.3 Å². The molecule has 18 heavy (non-hydrogen) atoms. The second-order valence-electron chi connectivity index (χ2n) is 4.00. The van der Waals surface area contributed by atoms with Gasteiger partial charge in [0, 0.05) is 21.4 Å². The summed E-state index contributed by atoms with van der Waals surface area (Å²) in [5.74, 6) is 5.64. The Bertz CT molecular complexity index is 542. The molecule has 2 aromatic rings. The topological polar surface area (TPSA) is 50.9 Å². The Labute approximate surface area is 119 Å². The first-order chi connectivity index (χ1) is 8.61. The fourth-order valence-electron chi connectivity index (χ4n) is 1.75. The number of rotatable bonds is 3. The molecule has 2 rings (SSSR count). The minimum atomic E-state index is -0.178. The van der Waals surface area contributed by atoms with Crippen LogP contribution >= 0.6 is 27.5 Å². The van der Waals surface area contributed by atoms with Gasteiger partial charge in [-0.15, -0.1) is 0 Å². The fraction of sp³-hybridized carbons (Fsp3) is 0.154. The maximum absolute atomic E-state index is 6.21. The molecule has 94 valence electrons. The van der Waals surface area contributed by atoms with Gasteiger partial charge in [0.25, 0.3) is 0 Å². The van der Waals surface area contributed by atoms with Crippen LogP contribution in [0.25, 0.3) is 0 Å². The number of aryl methyl sites for hydroxylation is 1. The van der Waals surface area contributed by atoms with Crippen LogP contribution in [0, 0.1) is 6.92 Å². The van der Waals surface area contributed by atoms with Crippen molar-refractivity contribution in [2.24, 2.45) is 5.84 Å². The van der Waals surface area contributed by atoms with Crippen LogP contribution in [0.3, 0.4) is 0 Å². The zero-order valence-electron chi connectivity index (χ0n) is 9.82. The Kier molecular flexibility index (Phi) is 4.35. The van der Waals surface area contributed by atoms with Gasteiger partial charge in [0.15, 0.2) is 0 Å². The van der Waals surface area contributed by atoms with Gasteiger partial charge >= 0.3 is 0 Å². The minimum Gasteiger partial charge on any atom is -0.271 e. The quantitative estimate of drug-likeness (QED) is 0.672. The number of nitrogens with one attached hydrogen (secondary N) is 1. The number of pyridine rings is 1. The number of hydrogen-bond donors (Lipinski definition) is 2. The minimum absolute atomic E-state index is 0.178. The monoisotopic (exact) mass is 325 g/mol. The summed E-state index contributed by atoms with van der Waals surface area (Å²) < 4.78 is 0.960. The van der Waals surface area contributed by atoms with Crippen molar-refractivity contribution in [3.8, 4) is 0 Å².